The molecule has 1 aliphatic rings. The number of fused-ring (bicyclic) bond motifs is 1. The average molecular weight is 530 g/mol. The lowest BCUT2D eigenvalue weighted by atomic mass is 9.94. The fourth-order valence-electron chi connectivity index (χ4n) is 4.53. The second-order valence-corrected chi connectivity index (χ2v) is 11.9. The van der Waals surface area contributed by atoms with Crippen LogP contribution in [0, 0.1) is 5.92 Å². The first-order valence-corrected chi connectivity index (χ1v) is 14.4. The van der Waals surface area contributed by atoms with Gasteiger partial charge in [0.05, 0.1) is 17.2 Å². The highest BCUT2D eigenvalue weighted by Gasteiger charge is 2.37. The van der Waals surface area contributed by atoms with Crippen molar-refractivity contribution in [3.8, 4) is 0 Å². The number of aromatic nitrogens is 1. The van der Waals surface area contributed by atoms with Gasteiger partial charge in [-0.2, -0.15) is 4.31 Å². The third kappa shape index (κ3) is 5.75. The summed E-state index contributed by atoms with van der Waals surface area (Å²) < 4.78 is 28.5. The van der Waals surface area contributed by atoms with Gasteiger partial charge in [0.15, 0.2) is 0 Å². The van der Waals surface area contributed by atoms with Crippen molar-refractivity contribution in [2.75, 3.05) is 43.9 Å². The summed E-state index contributed by atoms with van der Waals surface area (Å²) in [6.45, 7) is 3.54. The molecule has 0 aliphatic carbocycles. The van der Waals surface area contributed by atoms with Crippen molar-refractivity contribution >= 4 is 49.8 Å². The van der Waals surface area contributed by atoms with E-state index in [-0.39, 0.29) is 18.0 Å². The number of carbonyl (C=O) groups is 2. The summed E-state index contributed by atoms with van der Waals surface area (Å²) in [5, 5.41) is 3.62. The molecule has 2 amide bonds. The van der Waals surface area contributed by atoms with E-state index >= 15 is 0 Å². The lowest BCUT2D eigenvalue weighted by Gasteiger charge is -2.34. The number of benzene rings is 2. The molecule has 9 nitrogen and oxygen atoms in total. The maximum absolute atomic E-state index is 14.0. The molecule has 1 aromatic heterocycles. The minimum atomic E-state index is -3.75. The standard InChI is InChI=1S/C25H31N5O4S2/c1-18(24(26)31)30(23-15-35-17-27-23)25(32)21(16-36(33,34)29-12-10-28(2)11-13-29)14-20-8-5-7-19-6-3-4-9-22(19)20/h3-9,15,17-18,21H,10-14,16H2,1-2H3,(H2,26,31). The van der Waals surface area contributed by atoms with Crippen molar-refractivity contribution in [2.45, 2.75) is 19.4 Å². The maximum atomic E-state index is 14.0. The number of rotatable bonds is 9. The highest BCUT2D eigenvalue weighted by Crippen LogP contribution is 2.27. The van der Waals surface area contributed by atoms with Crippen LogP contribution in [-0.4, -0.2) is 79.4 Å². The SMILES string of the molecule is CC(C(N)=O)N(C(=O)C(Cc1cccc2ccccc12)CS(=O)(=O)N1CCN(C)CC1)c1cscn1. The molecule has 2 atom stereocenters. The van der Waals surface area contributed by atoms with Gasteiger partial charge < -0.3 is 10.6 Å². The molecule has 1 fully saturated rings. The Balaban J connectivity index is 1.72. The number of likely N-dealkylation sites (N-methyl/N-ethyl adjacent to an activating group) is 1. The quantitative estimate of drug-likeness (QED) is 0.453. The summed E-state index contributed by atoms with van der Waals surface area (Å²) >= 11 is 1.28. The second-order valence-electron chi connectivity index (χ2n) is 9.15. The summed E-state index contributed by atoms with van der Waals surface area (Å²) in [5.74, 6) is -2.20. The van der Waals surface area contributed by atoms with Gasteiger partial charge in [-0.15, -0.1) is 11.3 Å². The van der Waals surface area contributed by atoms with Crippen LogP contribution in [0.5, 0.6) is 0 Å². The molecule has 3 aromatic rings. The van der Waals surface area contributed by atoms with E-state index < -0.39 is 33.8 Å². The molecule has 1 aliphatic heterocycles. The number of carbonyl (C=O) groups excluding carboxylic acids is 2. The van der Waals surface area contributed by atoms with Gasteiger partial charge in [0.25, 0.3) is 0 Å². The maximum Gasteiger partial charge on any atom is 0.240 e. The van der Waals surface area contributed by atoms with Gasteiger partial charge in [-0.25, -0.2) is 13.4 Å². The Morgan fingerprint density at radius 3 is 2.47 bits per heavy atom. The van der Waals surface area contributed by atoms with E-state index in [1.165, 1.54) is 27.5 Å². The molecule has 192 valence electrons. The minimum absolute atomic E-state index is 0.194. The Hall–Kier alpha value is -2.86. The Bertz CT molecular complexity index is 1320. The Morgan fingerprint density at radius 1 is 1.11 bits per heavy atom. The highest BCUT2D eigenvalue weighted by molar-refractivity contribution is 7.89. The Morgan fingerprint density at radius 2 is 1.81 bits per heavy atom. The number of amides is 2. The van der Waals surface area contributed by atoms with Gasteiger partial charge in [0.2, 0.25) is 21.8 Å². The fraction of sp³-hybridized carbons (Fsp3) is 0.400. The zero-order valence-electron chi connectivity index (χ0n) is 20.4. The summed E-state index contributed by atoms with van der Waals surface area (Å²) in [6, 6.07) is 12.6. The van der Waals surface area contributed by atoms with Crippen LogP contribution in [0.2, 0.25) is 0 Å². The van der Waals surface area contributed by atoms with Crippen LogP contribution in [0.1, 0.15) is 12.5 Å². The van der Waals surface area contributed by atoms with Crippen LogP contribution >= 0.6 is 11.3 Å². The van der Waals surface area contributed by atoms with Crippen LogP contribution in [0.3, 0.4) is 0 Å². The molecule has 0 radical (unpaired) electrons. The fourth-order valence-corrected chi connectivity index (χ4v) is 6.76. The van der Waals surface area contributed by atoms with Crippen molar-refractivity contribution in [2.24, 2.45) is 11.7 Å². The summed E-state index contributed by atoms with van der Waals surface area (Å²) in [4.78, 5) is 33.7. The molecule has 0 spiro atoms. The third-order valence-electron chi connectivity index (χ3n) is 6.67. The molecule has 2 heterocycles. The number of anilines is 1. The Labute approximate surface area is 215 Å². The predicted molar refractivity (Wildman–Crippen MR) is 142 cm³/mol. The first-order chi connectivity index (χ1) is 17.2. The van der Waals surface area contributed by atoms with Gasteiger partial charge in [0, 0.05) is 31.6 Å². The summed E-state index contributed by atoms with van der Waals surface area (Å²) in [6.07, 6.45) is 0.194. The van der Waals surface area contributed by atoms with Crippen LogP contribution in [-0.2, 0) is 26.0 Å². The molecule has 0 bridgehead atoms. The largest absolute Gasteiger partial charge is 0.368 e. The van der Waals surface area contributed by atoms with Gasteiger partial charge in [0.1, 0.15) is 11.9 Å². The second kappa shape index (κ2) is 11.0. The zero-order chi connectivity index (χ0) is 25.9. The first kappa shape index (κ1) is 26.2. The van der Waals surface area contributed by atoms with Crippen LogP contribution in [0.4, 0.5) is 5.82 Å². The van der Waals surface area contributed by atoms with Gasteiger partial charge >= 0.3 is 0 Å². The molecule has 11 heteroatoms. The molecule has 1 saturated heterocycles. The van der Waals surface area contributed by atoms with Gasteiger partial charge in [-0.05, 0) is 36.7 Å². The molecular weight excluding hydrogens is 498 g/mol. The smallest absolute Gasteiger partial charge is 0.240 e. The van der Waals surface area contributed by atoms with Gasteiger partial charge in [-0.3, -0.25) is 14.5 Å². The van der Waals surface area contributed by atoms with Crippen molar-refractivity contribution < 1.29 is 18.0 Å². The first-order valence-electron chi connectivity index (χ1n) is 11.8. The average Bonchev–Trinajstić information content (AvgIpc) is 3.38. The highest BCUT2D eigenvalue weighted by atomic mass is 32.2. The topological polar surface area (TPSA) is 117 Å². The number of hydrogen-bond donors (Lipinski definition) is 1. The van der Waals surface area contributed by atoms with E-state index in [0.717, 1.165) is 16.3 Å². The molecule has 2 aromatic carbocycles. The van der Waals surface area contributed by atoms with Gasteiger partial charge in [-0.1, -0.05) is 42.5 Å². The normalized spacial score (nSPS) is 17.1. The van der Waals surface area contributed by atoms with Crippen molar-refractivity contribution in [1.29, 1.82) is 0 Å². The number of hydrogen-bond acceptors (Lipinski definition) is 7. The molecule has 36 heavy (non-hydrogen) atoms. The Kier molecular flexibility index (Phi) is 8.04. The monoisotopic (exact) mass is 529 g/mol. The number of nitrogens with zero attached hydrogens (tertiary/aromatic N) is 4. The molecule has 0 saturated carbocycles. The van der Waals surface area contributed by atoms with E-state index in [1.54, 1.807) is 10.9 Å². The molecule has 2 N–H and O–H groups in total. The van der Waals surface area contributed by atoms with E-state index in [9.17, 15) is 18.0 Å². The lowest BCUT2D eigenvalue weighted by molar-refractivity contribution is -0.126. The number of nitrogens with two attached hydrogens (primary N) is 1. The van der Waals surface area contributed by atoms with Crippen LogP contribution in [0.25, 0.3) is 10.8 Å². The summed E-state index contributed by atoms with van der Waals surface area (Å²) in [7, 11) is -1.80. The van der Waals surface area contributed by atoms with Crippen molar-refractivity contribution in [1.82, 2.24) is 14.2 Å². The third-order valence-corrected chi connectivity index (χ3v) is 9.22. The van der Waals surface area contributed by atoms with E-state index in [0.29, 0.717) is 26.2 Å². The van der Waals surface area contributed by atoms with Crippen LogP contribution < -0.4 is 10.6 Å². The minimum Gasteiger partial charge on any atom is -0.368 e. The molecule has 2 unspecified atom stereocenters. The van der Waals surface area contributed by atoms with E-state index in [1.807, 2.05) is 49.5 Å². The molecule has 4 rings (SSSR count). The van der Waals surface area contributed by atoms with Crippen molar-refractivity contribution in [3.05, 3.63) is 58.9 Å². The van der Waals surface area contributed by atoms with Crippen molar-refractivity contribution in [3.63, 3.8) is 0 Å². The van der Waals surface area contributed by atoms with E-state index in [4.69, 9.17) is 5.73 Å². The predicted octanol–water partition coefficient (Wildman–Crippen LogP) is 1.94. The lowest BCUT2D eigenvalue weighted by Crippen LogP contribution is -2.52. The van der Waals surface area contributed by atoms with E-state index in [2.05, 4.69) is 9.88 Å². The molecular formula is C25H31N5O4S2. The number of sulfonamides is 1. The number of thiazole rings is 1. The zero-order valence-corrected chi connectivity index (χ0v) is 22.0. The summed E-state index contributed by atoms with van der Waals surface area (Å²) in [5.41, 5.74) is 8.00. The number of primary amides is 1. The van der Waals surface area contributed by atoms with Crippen LogP contribution in [0.15, 0.2) is 53.4 Å². The number of piperazine rings is 1.